The molecule has 0 spiro atoms. The monoisotopic (exact) mass is 279 g/mol. The molecule has 6 heteroatoms. The minimum absolute atomic E-state index is 0.0281. The number of pyridine rings is 1. The number of hydrogen-bond donors (Lipinski definition) is 2. The summed E-state index contributed by atoms with van der Waals surface area (Å²) in [7, 11) is 1.61. The van der Waals surface area contributed by atoms with E-state index in [1.54, 1.807) is 25.4 Å². The van der Waals surface area contributed by atoms with Crippen LogP contribution < -0.4 is 15.8 Å². The van der Waals surface area contributed by atoms with Gasteiger partial charge >= 0.3 is 0 Å². The number of carbonyl (C=O) groups excluding carboxylic acids is 1. The van der Waals surface area contributed by atoms with Crippen molar-refractivity contribution in [2.45, 2.75) is 25.3 Å². The first kappa shape index (κ1) is 14.7. The molecule has 2 rings (SSSR count). The van der Waals surface area contributed by atoms with Crippen LogP contribution in [0.2, 0.25) is 0 Å². The number of methoxy groups -OCH3 is 1. The lowest BCUT2D eigenvalue weighted by Crippen LogP contribution is -2.28. The summed E-state index contributed by atoms with van der Waals surface area (Å²) in [5.74, 6) is 0.962. The van der Waals surface area contributed by atoms with Crippen molar-refractivity contribution in [3.05, 3.63) is 18.3 Å². The number of nitrogens with zero attached hydrogens (tertiary/aromatic N) is 1. The van der Waals surface area contributed by atoms with E-state index in [1.165, 1.54) is 0 Å². The van der Waals surface area contributed by atoms with Crippen molar-refractivity contribution in [2.24, 2.45) is 11.7 Å². The number of anilines is 1. The Hall–Kier alpha value is -1.66. The van der Waals surface area contributed by atoms with E-state index in [0.717, 1.165) is 12.8 Å². The van der Waals surface area contributed by atoms with Crippen molar-refractivity contribution < 1.29 is 14.3 Å². The van der Waals surface area contributed by atoms with Crippen LogP contribution in [0.1, 0.15) is 19.3 Å². The SMILES string of the molecule is COCCOc1ccc(NC(=O)CC(N)C2CC2)cn1. The molecule has 0 aromatic carbocycles. The molecule has 1 amide bonds. The van der Waals surface area contributed by atoms with Gasteiger partial charge in [0, 0.05) is 25.6 Å². The van der Waals surface area contributed by atoms with Crippen molar-refractivity contribution in [1.29, 1.82) is 0 Å². The van der Waals surface area contributed by atoms with Gasteiger partial charge in [0.2, 0.25) is 11.8 Å². The quantitative estimate of drug-likeness (QED) is 0.698. The van der Waals surface area contributed by atoms with Crippen LogP contribution in [-0.4, -0.2) is 37.3 Å². The summed E-state index contributed by atoms with van der Waals surface area (Å²) in [4.78, 5) is 15.9. The number of ether oxygens (including phenoxy) is 2. The highest BCUT2D eigenvalue weighted by atomic mass is 16.5. The summed E-state index contributed by atoms with van der Waals surface area (Å²) in [6.45, 7) is 0.963. The van der Waals surface area contributed by atoms with Crippen LogP contribution >= 0.6 is 0 Å². The van der Waals surface area contributed by atoms with Gasteiger partial charge in [-0.3, -0.25) is 4.79 Å². The molecule has 1 aromatic heterocycles. The average Bonchev–Trinajstić information content (AvgIpc) is 3.25. The zero-order valence-electron chi connectivity index (χ0n) is 11.7. The zero-order chi connectivity index (χ0) is 14.4. The number of hydrogen-bond acceptors (Lipinski definition) is 5. The highest BCUT2D eigenvalue weighted by Gasteiger charge is 2.29. The van der Waals surface area contributed by atoms with Gasteiger partial charge < -0.3 is 20.5 Å². The molecule has 0 aliphatic heterocycles. The maximum Gasteiger partial charge on any atom is 0.225 e. The molecule has 1 aliphatic carbocycles. The van der Waals surface area contributed by atoms with E-state index in [4.69, 9.17) is 15.2 Å². The van der Waals surface area contributed by atoms with Crippen molar-refractivity contribution in [1.82, 2.24) is 4.98 Å². The van der Waals surface area contributed by atoms with E-state index in [-0.39, 0.29) is 11.9 Å². The zero-order valence-corrected chi connectivity index (χ0v) is 11.7. The Morgan fingerprint density at radius 3 is 2.90 bits per heavy atom. The second-order valence-electron chi connectivity index (χ2n) is 4.98. The first-order valence-corrected chi connectivity index (χ1v) is 6.82. The molecule has 1 aromatic rings. The van der Waals surface area contributed by atoms with Crippen LogP contribution in [-0.2, 0) is 9.53 Å². The molecular formula is C14H21N3O3. The third-order valence-corrected chi connectivity index (χ3v) is 3.21. The van der Waals surface area contributed by atoms with Gasteiger partial charge in [-0.15, -0.1) is 0 Å². The maximum absolute atomic E-state index is 11.8. The number of carbonyl (C=O) groups is 1. The van der Waals surface area contributed by atoms with Crippen LogP contribution in [0.4, 0.5) is 5.69 Å². The summed E-state index contributed by atoms with van der Waals surface area (Å²) in [6.07, 6.45) is 4.21. The molecule has 6 nitrogen and oxygen atoms in total. The third-order valence-electron chi connectivity index (χ3n) is 3.21. The van der Waals surface area contributed by atoms with Crippen LogP contribution in [0, 0.1) is 5.92 Å². The van der Waals surface area contributed by atoms with Crippen LogP contribution in [0.15, 0.2) is 18.3 Å². The number of rotatable bonds is 8. The van der Waals surface area contributed by atoms with E-state index in [9.17, 15) is 4.79 Å². The minimum Gasteiger partial charge on any atom is -0.475 e. The fraction of sp³-hybridized carbons (Fsp3) is 0.571. The molecule has 1 saturated carbocycles. The first-order valence-electron chi connectivity index (χ1n) is 6.82. The molecule has 1 atom stereocenters. The Bertz CT molecular complexity index is 432. The van der Waals surface area contributed by atoms with Crippen molar-refractivity contribution in [3.8, 4) is 5.88 Å². The topological polar surface area (TPSA) is 86.5 Å². The van der Waals surface area contributed by atoms with E-state index in [1.807, 2.05) is 0 Å². The van der Waals surface area contributed by atoms with E-state index in [2.05, 4.69) is 10.3 Å². The van der Waals surface area contributed by atoms with Gasteiger partial charge in [0.25, 0.3) is 0 Å². The van der Waals surface area contributed by atoms with Crippen molar-refractivity contribution in [2.75, 3.05) is 25.6 Å². The van der Waals surface area contributed by atoms with E-state index < -0.39 is 0 Å². The summed E-state index contributed by atoms with van der Waals surface area (Å²) >= 11 is 0. The van der Waals surface area contributed by atoms with Gasteiger partial charge in [0.15, 0.2) is 0 Å². The predicted molar refractivity (Wildman–Crippen MR) is 75.6 cm³/mol. The second-order valence-corrected chi connectivity index (χ2v) is 4.98. The molecule has 1 aliphatic rings. The Balaban J connectivity index is 1.75. The summed E-state index contributed by atoms with van der Waals surface area (Å²) in [5.41, 5.74) is 6.57. The van der Waals surface area contributed by atoms with Crippen LogP contribution in [0.3, 0.4) is 0 Å². The number of amides is 1. The van der Waals surface area contributed by atoms with E-state index in [0.29, 0.717) is 37.1 Å². The lowest BCUT2D eigenvalue weighted by atomic mass is 10.1. The van der Waals surface area contributed by atoms with Crippen molar-refractivity contribution in [3.63, 3.8) is 0 Å². The standard InChI is InChI=1S/C14H21N3O3/c1-19-6-7-20-14-5-4-11(9-16-14)17-13(18)8-12(15)10-2-3-10/h4-5,9-10,12H,2-3,6-8,15H2,1H3,(H,17,18). The molecule has 0 saturated heterocycles. The lowest BCUT2D eigenvalue weighted by Gasteiger charge is -2.10. The van der Waals surface area contributed by atoms with Crippen molar-refractivity contribution >= 4 is 11.6 Å². The first-order chi connectivity index (χ1) is 9.69. The Kier molecular flexibility index (Phi) is 5.31. The Labute approximate surface area is 118 Å². The highest BCUT2D eigenvalue weighted by Crippen LogP contribution is 2.32. The fourth-order valence-electron chi connectivity index (χ4n) is 1.89. The van der Waals surface area contributed by atoms with Gasteiger partial charge in [0.05, 0.1) is 18.5 Å². The largest absolute Gasteiger partial charge is 0.475 e. The summed E-state index contributed by atoms with van der Waals surface area (Å²) in [6, 6.07) is 3.45. The van der Waals surface area contributed by atoms with Gasteiger partial charge in [0.1, 0.15) is 6.61 Å². The smallest absolute Gasteiger partial charge is 0.225 e. The predicted octanol–water partition coefficient (Wildman–Crippen LogP) is 1.17. The molecule has 0 bridgehead atoms. The molecule has 1 fully saturated rings. The summed E-state index contributed by atoms with van der Waals surface area (Å²) in [5, 5.41) is 2.79. The molecule has 3 N–H and O–H groups in total. The molecule has 1 unspecified atom stereocenters. The molecule has 20 heavy (non-hydrogen) atoms. The third kappa shape index (κ3) is 4.79. The fourth-order valence-corrected chi connectivity index (χ4v) is 1.89. The number of nitrogens with two attached hydrogens (primary N) is 1. The number of aromatic nitrogens is 1. The normalized spacial score (nSPS) is 15.7. The maximum atomic E-state index is 11.8. The minimum atomic E-state index is -0.0701. The van der Waals surface area contributed by atoms with Gasteiger partial charge in [-0.25, -0.2) is 4.98 Å². The highest BCUT2D eigenvalue weighted by molar-refractivity contribution is 5.90. The summed E-state index contributed by atoms with van der Waals surface area (Å²) < 4.78 is 10.2. The van der Waals surface area contributed by atoms with Crippen LogP contribution in [0.5, 0.6) is 5.88 Å². The van der Waals surface area contributed by atoms with Gasteiger partial charge in [-0.1, -0.05) is 0 Å². The van der Waals surface area contributed by atoms with Gasteiger partial charge in [-0.2, -0.15) is 0 Å². The Morgan fingerprint density at radius 1 is 1.50 bits per heavy atom. The second kappa shape index (κ2) is 7.21. The van der Waals surface area contributed by atoms with Gasteiger partial charge in [-0.05, 0) is 24.8 Å². The molecule has 0 radical (unpaired) electrons. The van der Waals surface area contributed by atoms with Crippen LogP contribution in [0.25, 0.3) is 0 Å². The average molecular weight is 279 g/mol. The lowest BCUT2D eigenvalue weighted by molar-refractivity contribution is -0.116. The number of nitrogens with one attached hydrogen (secondary N) is 1. The van der Waals surface area contributed by atoms with E-state index >= 15 is 0 Å². The Morgan fingerprint density at radius 2 is 2.30 bits per heavy atom. The molecule has 1 heterocycles. The molecule has 110 valence electrons. The molecular weight excluding hydrogens is 258 g/mol.